The van der Waals surface area contributed by atoms with Gasteiger partial charge in [-0.3, -0.25) is 4.79 Å². The van der Waals surface area contributed by atoms with Gasteiger partial charge in [-0.1, -0.05) is 35.9 Å². The summed E-state index contributed by atoms with van der Waals surface area (Å²) in [7, 11) is 0. The van der Waals surface area contributed by atoms with Gasteiger partial charge in [0.1, 0.15) is 12.4 Å². The number of amides is 1. The molecule has 1 aromatic heterocycles. The third kappa shape index (κ3) is 6.08. The number of nitriles is 1. The average Bonchev–Trinajstić information content (AvgIpc) is 2.76. The zero-order valence-electron chi connectivity index (χ0n) is 16.8. The average molecular weight is 401 g/mol. The summed E-state index contributed by atoms with van der Waals surface area (Å²) in [5.41, 5.74) is 2.69. The lowest BCUT2D eigenvalue weighted by Gasteiger charge is -2.12. The number of hydrogen-bond donors (Lipinski definition) is 1. The predicted octanol–water partition coefficient (Wildman–Crippen LogP) is 4.90. The Balaban J connectivity index is 1.63. The summed E-state index contributed by atoms with van der Waals surface area (Å²) in [5, 5.41) is 11.4. The summed E-state index contributed by atoms with van der Waals surface area (Å²) < 4.78 is 11.5. The summed E-state index contributed by atoms with van der Waals surface area (Å²) in [6.07, 6.45) is 2.61. The van der Waals surface area contributed by atoms with Crippen molar-refractivity contribution < 1.29 is 14.3 Å². The Kier molecular flexibility index (Phi) is 7.39. The van der Waals surface area contributed by atoms with E-state index in [4.69, 9.17) is 14.7 Å². The van der Waals surface area contributed by atoms with Crippen LogP contribution in [0.1, 0.15) is 34.3 Å². The highest BCUT2D eigenvalue weighted by molar-refractivity contribution is 6.04. The Hall–Kier alpha value is -3.85. The second-order valence-corrected chi connectivity index (χ2v) is 6.72. The Morgan fingerprint density at radius 1 is 1.10 bits per heavy atom. The van der Waals surface area contributed by atoms with Crippen LogP contribution in [-0.4, -0.2) is 17.5 Å². The fourth-order valence-corrected chi connectivity index (χ4v) is 2.81. The molecule has 0 saturated carbocycles. The molecule has 6 nitrogen and oxygen atoms in total. The van der Waals surface area contributed by atoms with Crippen molar-refractivity contribution >= 4 is 11.7 Å². The number of hydrogen-bond acceptors (Lipinski definition) is 5. The number of nitrogens with zero attached hydrogens (tertiary/aromatic N) is 2. The van der Waals surface area contributed by atoms with Gasteiger partial charge in [0.2, 0.25) is 0 Å². The zero-order chi connectivity index (χ0) is 21.2. The van der Waals surface area contributed by atoms with E-state index in [-0.39, 0.29) is 5.91 Å². The molecule has 0 radical (unpaired) electrons. The number of benzene rings is 2. The van der Waals surface area contributed by atoms with Crippen molar-refractivity contribution in [3.05, 3.63) is 83.6 Å². The number of nitrogens with one attached hydrogen (secondary N) is 1. The first kappa shape index (κ1) is 20.9. The van der Waals surface area contributed by atoms with Crippen molar-refractivity contribution in [3.8, 4) is 17.6 Å². The standard InChI is InChI=1S/C24H23N3O3/c1-18-7-4-8-19(15-18)17-30-21-10-5-9-20(16-21)24(28)27-23-22(11-6-13-26-23)29-14-3-2-12-25/h4-11,13,15-16H,2-3,14,17H2,1H3,(H,26,27,28). The number of pyridine rings is 1. The van der Waals surface area contributed by atoms with Crippen LogP contribution in [0.15, 0.2) is 66.9 Å². The lowest BCUT2D eigenvalue weighted by Crippen LogP contribution is -2.14. The van der Waals surface area contributed by atoms with E-state index in [0.717, 1.165) is 5.56 Å². The van der Waals surface area contributed by atoms with Crippen LogP contribution < -0.4 is 14.8 Å². The molecule has 0 unspecified atom stereocenters. The third-order valence-electron chi connectivity index (χ3n) is 4.28. The molecular formula is C24H23N3O3. The Bertz CT molecular complexity index is 1040. The molecule has 0 aliphatic rings. The second kappa shape index (κ2) is 10.6. The van der Waals surface area contributed by atoms with Gasteiger partial charge in [-0.2, -0.15) is 5.26 Å². The molecule has 0 spiro atoms. The summed E-state index contributed by atoms with van der Waals surface area (Å²) in [6.45, 7) is 2.84. The smallest absolute Gasteiger partial charge is 0.257 e. The van der Waals surface area contributed by atoms with Crippen LogP contribution in [0.5, 0.6) is 11.5 Å². The van der Waals surface area contributed by atoms with E-state index in [1.165, 1.54) is 5.56 Å². The molecule has 3 rings (SSSR count). The molecule has 1 amide bonds. The highest BCUT2D eigenvalue weighted by Gasteiger charge is 2.12. The fourth-order valence-electron chi connectivity index (χ4n) is 2.81. The molecule has 1 N–H and O–H groups in total. The molecule has 2 aromatic carbocycles. The first-order chi connectivity index (χ1) is 14.7. The molecule has 0 aliphatic carbocycles. The number of rotatable bonds is 9. The van der Waals surface area contributed by atoms with Crippen molar-refractivity contribution in [2.24, 2.45) is 0 Å². The van der Waals surface area contributed by atoms with Crippen molar-refractivity contribution in [2.45, 2.75) is 26.4 Å². The highest BCUT2D eigenvalue weighted by Crippen LogP contribution is 2.23. The number of aryl methyl sites for hydroxylation is 1. The monoisotopic (exact) mass is 401 g/mol. The number of anilines is 1. The highest BCUT2D eigenvalue weighted by atomic mass is 16.5. The van der Waals surface area contributed by atoms with Crippen LogP contribution in [0, 0.1) is 18.3 Å². The fraction of sp³-hybridized carbons (Fsp3) is 0.208. The maximum Gasteiger partial charge on any atom is 0.257 e. The number of ether oxygens (including phenoxy) is 2. The first-order valence-electron chi connectivity index (χ1n) is 9.70. The van der Waals surface area contributed by atoms with Crippen LogP contribution in [-0.2, 0) is 6.61 Å². The number of carbonyl (C=O) groups excluding carboxylic acids is 1. The normalized spacial score (nSPS) is 10.1. The molecule has 0 atom stereocenters. The van der Waals surface area contributed by atoms with Crippen LogP contribution in [0.4, 0.5) is 5.82 Å². The molecular weight excluding hydrogens is 378 g/mol. The summed E-state index contributed by atoms with van der Waals surface area (Å²) >= 11 is 0. The summed E-state index contributed by atoms with van der Waals surface area (Å²) in [5.74, 6) is 1.11. The summed E-state index contributed by atoms with van der Waals surface area (Å²) in [4.78, 5) is 16.9. The predicted molar refractivity (Wildman–Crippen MR) is 114 cm³/mol. The van der Waals surface area contributed by atoms with Gasteiger partial charge in [0.25, 0.3) is 5.91 Å². The van der Waals surface area contributed by atoms with Gasteiger partial charge in [-0.05, 0) is 49.2 Å². The molecule has 1 heterocycles. The number of aromatic nitrogens is 1. The van der Waals surface area contributed by atoms with Gasteiger partial charge < -0.3 is 14.8 Å². The molecule has 152 valence electrons. The Morgan fingerprint density at radius 3 is 2.80 bits per heavy atom. The molecule has 0 fully saturated rings. The largest absolute Gasteiger partial charge is 0.490 e. The van der Waals surface area contributed by atoms with Crippen molar-refractivity contribution in [3.63, 3.8) is 0 Å². The molecule has 0 aliphatic heterocycles. The molecule has 3 aromatic rings. The number of unbranched alkanes of at least 4 members (excludes halogenated alkanes) is 1. The van der Waals surface area contributed by atoms with Crippen molar-refractivity contribution in [2.75, 3.05) is 11.9 Å². The minimum absolute atomic E-state index is 0.309. The van der Waals surface area contributed by atoms with E-state index < -0.39 is 0 Å². The SMILES string of the molecule is Cc1cccc(COc2cccc(C(=O)Nc3ncccc3OCCCC#N)c2)c1. The van der Waals surface area contributed by atoms with E-state index >= 15 is 0 Å². The van der Waals surface area contributed by atoms with Gasteiger partial charge in [-0.15, -0.1) is 0 Å². The van der Waals surface area contributed by atoms with Crippen molar-refractivity contribution in [1.82, 2.24) is 4.98 Å². The van der Waals surface area contributed by atoms with Crippen LogP contribution in [0.25, 0.3) is 0 Å². The molecule has 0 saturated heterocycles. The van der Waals surface area contributed by atoms with Gasteiger partial charge in [-0.25, -0.2) is 4.98 Å². The third-order valence-corrected chi connectivity index (χ3v) is 4.28. The molecule has 30 heavy (non-hydrogen) atoms. The van der Waals surface area contributed by atoms with Crippen LogP contribution >= 0.6 is 0 Å². The van der Waals surface area contributed by atoms with E-state index in [2.05, 4.69) is 22.4 Å². The van der Waals surface area contributed by atoms with Gasteiger partial charge in [0.15, 0.2) is 11.6 Å². The lowest BCUT2D eigenvalue weighted by molar-refractivity contribution is 0.102. The minimum atomic E-state index is -0.309. The zero-order valence-corrected chi connectivity index (χ0v) is 16.8. The lowest BCUT2D eigenvalue weighted by atomic mass is 10.1. The van der Waals surface area contributed by atoms with Gasteiger partial charge in [0.05, 0.1) is 12.7 Å². The van der Waals surface area contributed by atoms with E-state index in [1.807, 2.05) is 31.2 Å². The van der Waals surface area contributed by atoms with E-state index in [1.54, 1.807) is 36.5 Å². The summed E-state index contributed by atoms with van der Waals surface area (Å²) in [6, 6.07) is 20.6. The molecule has 6 heteroatoms. The van der Waals surface area contributed by atoms with E-state index in [0.29, 0.717) is 48.9 Å². The quantitative estimate of drug-likeness (QED) is 0.515. The second-order valence-electron chi connectivity index (χ2n) is 6.72. The van der Waals surface area contributed by atoms with Crippen molar-refractivity contribution in [1.29, 1.82) is 5.26 Å². The maximum absolute atomic E-state index is 12.7. The maximum atomic E-state index is 12.7. The van der Waals surface area contributed by atoms with Gasteiger partial charge in [0, 0.05) is 18.2 Å². The van der Waals surface area contributed by atoms with Crippen LogP contribution in [0.2, 0.25) is 0 Å². The van der Waals surface area contributed by atoms with Gasteiger partial charge >= 0.3 is 0 Å². The molecule has 0 bridgehead atoms. The van der Waals surface area contributed by atoms with Crippen LogP contribution in [0.3, 0.4) is 0 Å². The number of carbonyl (C=O) groups is 1. The topological polar surface area (TPSA) is 84.2 Å². The Morgan fingerprint density at radius 2 is 1.97 bits per heavy atom. The Labute approximate surface area is 176 Å². The first-order valence-corrected chi connectivity index (χ1v) is 9.70. The van der Waals surface area contributed by atoms with E-state index in [9.17, 15) is 4.79 Å². The minimum Gasteiger partial charge on any atom is -0.490 e.